The van der Waals surface area contributed by atoms with Crippen LogP contribution in [0.15, 0.2) is 34.9 Å². The van der Waals surface area contributed by atoms with Gasteiger partial charge in [-0.15, -0.1) is 0 Å². The molecule has 2 aliphatic heterocycles. The number of hydrogen-bond acceptors (Lipinski definition) is 6. The third-order valence-corrected chi connectivity index (χ3v) is 5.96. The molecule has 4 rings (SSSR count). The zero-order valence-corrected chi connectivity index (χ0v) is 15.3. The van der Waals surface area contributed by atoms with E-state index < -0.39 is 5.91 Å². The number of carbonyl (C=O) groups is 2. The van der Waals surface area contributed by atoms with Crippen molar-refractivity contribution in [3.8, 4) is 0 Å². The minimum atomic E-state index is -0.694. The predicted molar refractivity (Wildman–Crippen MR) is 96.6 cm³/mol. The number of benzene rings is 1. The molecule has 8 heteroatoms. The topological polar surface area (TPSA) is 106 Å². The van der Waals surface area contributed by atoms with E-state index in [0.717, 1.165) is 37.9 Å². The molecule has 0 saturated carbocycles. The number of primary amides is 1. The second kappa shape index (κ2) is 6.77. The highest BCUT2D eigenvalue weighted by Gasteiger charge is 2.50. The van der Waals surface area contributed by atoms with Gasteiger partial charge in [-0.25, -0.2) is 0 Å². The Balaban J connectivity index is 1.41. The molecular weight excluding hydrogens is 346 g/mol. The van der Waals surface area contributed by atoms with Crippen LogP contribution in [0.1, 0.15) is 47.3 Å². The zero-order chi connectivity index (χ0) is 19.0. The van der Waals surface area contributed by atoms with E-state index in [-0.39, 0.29) is 23.2 Å². The maximum Gasteiger partial charge on any atom is 0.290 e. The molecule has 0 unspecified atom stereocenters. The highest BCUT2D eigenvalue weighted by Crippen LogP contribution is 2.44. The van der Waals surface area contributed by atoms with E-state index in [1.165, 1.54) is 0 Å². The molecule has 142 valence electrons. The lowest BCUT2D eigenvalue weighted by atomic mass is 9.81. The largest absolute Gasteiger partial charge is 0.363 e. The molecule has 1 spiro atoms. The SMILES string of the molecule is CN1C(=O)[C@H](c2ccccc2)CC12CCN(Cc1nc(C(N)=O)no1)CC2. The van der Waals surface area contributed by atoms with Crippen LogP contribution in [0.25, 0.3) is 0 Å². The second-order valence-electron chi connectivity index (χ2n) is 7.44. The molecule has 3 heterocycles. The summed E-state index contributed by atoms with van der Waals surface area (Å²) in [6.45, 7) is 2.14. The molecule has 1 aromatic carbocycles. The molecule has 1 atom stereocenters. The number of nitrogens with zero attached hydrogens (tertiary/aromatic N) is 4. The van der Waals surface area contributed by atoms with Gasteiger partial charge in [0.25, 0.3) is 11.7 Å². The van der Waals surface area contributed by atoms with Gasteiger partial charge in [0, 0.05) is 25.7 Å². The monoisotopic (exact) mass is 369 g/mol. The average Bonchev–Trinajstić information content (AvgIpc) is 3.24. The first-order chi connectivity index (χ1) is 13.0. The molecule has 27 heavy (non-hydrogen) atoms. The number of hydrogen-bond donors (Lipinski definition) is 1. The number of nitrogens with two attached hydrogens (primary N) is 1. The van der Waals surface area contributed by atoms with Crippen molar-refractivity contribution in [1.82, 2.24) is 19.9 Å². The molecule has 0 aliphatic carbocycles. The fourth-order valence-corrected chi connectivity index (χ4v) is 4.29. The van der Waals surface area contributed by atoms with Gasteiger partial charge in [-0.2, -0.15) is 4.98 Å². The summed E-state index contributed by atoms with van der Waals surface area (Å²) in [6, 6.07) is 10.0. The predicted octanol–water partition coefficient (Wildman–Crippen LogP) is 1.15. The maximum atomic E-state index is 12.9. The highest BCUT2D eigenvalue weighted by molar-refractivity contribution is 5.88. The van der Waals surface area contributed by atoms with Crippen molar-refractivity contribution >= 4 is 11.8 Å². The van der Waals surface area contributed by atoms with E-state index in [1.807, 2.05) is 42.3 Å². The van der Waals surface area contributed by atoms with Gasteiger partial charge < -0.3 is 15.2 Å². The van der Waals surface area contributed by atoms with Gasteiger partial charge in [0.1, 0.15) is 0 Å². The van der Waals surface area contributed by atoms with Crippen LogP contribution in [-0.2, 0) is 11.3 Å². The number of amides is 2. The van der Waals surface area contributed by atoms with Gasteiger partial charge in [-0.3, -0.25) is 14.5 Å². The van der Waals surface area contributed by atoms with Crippen molar-refractivity contribution < 1.29 is 14.1 Å². The van der Waals surface area contributed by atoms with Gasteiger partial charge in [-0.05, 0) is 24.8 Å². The van der Waals surface area contributed by atoms with Crippen molar-refractivity contribution in [3.05, 3.63) is 47.6 Å². The first-order valence-corrected chi connectivity index (χ1v) is 9.16. The molecule has 2 fully saturated rings. The number of carbonyl (C=O) groups excluding carboxylic acids is 2. The van der Waals surface area contributed by atoms with Crippen molar-refractivity contribution in [2.24, 2.45) is 5.73 Å². The Labute approximate surface area is 157 Å². The van der Waals surface area contributed by atoms with Crippen LogP contribution in [-0.4, -0.2) is 57.4 Å². The standard InChI is InChI=1S/C19H23N5O3/c1-23-18(26)14(13-5-3-2-4-6-13)11-19(23)7-9-24(10-8-19)12-15-21-17(16(20)25)22-27-15/h2-6,14H,7-12H2,1H3,(H2,20,25)/t14-/m0/s1. The molecule has 2 aromatic rings. The summed E-state index contributed by atoms with van der Waals surface area (Å²) in [6.07, 6.45) is 2.65. The molecule has 2 aliphatic rings. The van der Waals surface area contributed by atoms with Crippen LogP contribution >= 0.6 is 0 Å². The zero-order valence-electron chi connectivity index (χ0n) is 15.3. The summed E-state index contributed by atoms with van der Waals surface area (Å²) in [7, 11) is 1.93. The second-order valence-corrected chi connectivity index (χ2v) is 7.44. The lowest BCUT2D eigenvalue weighted by Gasteiger charge is -2.43. The molecule has 2 N–H and O–H groups in total. The van der Waals surface area contributed by atoms with E-state index in [9.17, 15) is 9.59 Å². The van der Waals surface area contributed by atoms with E-state index in [0.29, 0.717) is 12.4 Å². The molecule has 1 aromatic heterocycles. The summed E-state index contributed by atoms with van der Waals surface area (Å²) in [4.78, 5) is 32.1. The third kappa shape index (κ3) is 3.21. The highest BCUT2D eigenvalue weighted by atomic mass is 16.5. The molecule has 0 bridgehead atoms. The van der Waals surface area contributed by atoms with Crippen LogP contribution < -0.4 is 5.73 Å². The molecule has 0 radical (unpaired) electrons. The van der Waals surface area contributed by atoms with E-state index >= 15 is 0 Å². The summed E-state index contributed by atoms with van der Waals surface area (Å²) in [5, 5.41) is 3.58. The Kier molecular flexibility index (Phi) is 4.43. The smallest absolute Gasteiger partial charge is 0.290 e. The van der Waals surface area contributed by atoms with Crippen molar-refractivity contribution in [3.63, 3.8) is 0 Å². The van der Waals surface area contributed by atoms with E-state index in [1.54, 1.807) is 0 Å². The Morgan fingerprint density at radius 1 is 1.30 bits per heavy atom. The van der Waals surface area contributed by atoms with Crippen LogP contribution in [0, 0.1) is 0 Å². The van der Waals surface area contributed by atoms with Crippen molar-refractivity contribution in [2.75, 3.05) is 20.1 Å². The van der Waals surface area contributed by atoms with Crippen LogP contribution in [0.4, 0.5) is 0 Å². The Hall–Kier alpha value is -2.74. The fourth-order valence-electron chi connectivity index (χ4n) is 4.29. The van der Waals surface area contributed by atoms with Crippen LogP contribution in [0.3, 0.4) is 0 Å². The minimum absolute atomic E-state index is 0.0585. The Morgan fingerprint density at radius 2 is 2.00 bits per heavy atom. The maximum absolute atomic E-state index is 12.9. The Bertz CT molecular complexity index is 842. The third-order valence-electron chi connectivity index (χ3n) is 5.96. The van der Waals surface area contributed by atoms with Gasteiger partial charge in [0.05, 0.1) is 12.5 Å². The number of aromatic nitrogens is 2. The molecule has 8 nitrogen and oxygen atoms in total. The van der Waals surface area contributed by atoms with E-state index in [4.69, 9.17) is 10.3 Å². The summed E-state index contributed by atoms with van der Waals surface area (Å²) in [5.74, 6) is -0.252. The van der Waals surface area contributed by atoms with Gasteiger partial charge >= 0.3 is 0 Å². The quantitative estimate of drug-likeness (QED) is 0.867. The Morgan fingerprint density at radius 3 is 2.63 bits per heavy atom. The van der Waals surface area contributed by atoms with E-state index in [2.05, 4.69) is 15.0 Å². The molecule has 2 amide bonds. The molecule has 2 saturated heterocycles. The first-order valence-electron chi connectivity index (χ1n) is 9.16. The number of likely N-dealkylation sites (N-methyl/N-ethyl adjacent to an activating group) is 1. The number of rotatable bonds is 4. The fraction of sp³-hybridized carbons (Fsp3) is 0.474. The summed E-state index contributed by atoms with van der Waals surface area (Å²) >= 11 is 0. The number of piperidine rings is 1. The lowest BCUT2D eigenvalue weighted by Crippen LogP contribution is -2.51. The van der Waals surface area contributed by atoms with Gasteiger partial charge in [0.15, 0.2) is 0 Å². The first kappa shape index (κ1) is 17.7. The molecular formula is C19H23N5O3. The van der Waals surface area contributed by atoms with Crippen LogP contribution in [0.2, 0.25) is 0 Å². The van der Waals surface area contributed by atoms with Crippen LogP contribution in [0.5, 0.6) is 0 Å². The summed E-state index contributed by atoms with van der Waals surface area (Å²) in [5.41, 5.74) is 6.15. The van der Waals surface area contributed by atoms with Gasteiger partial charge in [0.2, 0.25) is 11.8 Å². The van der Waals surface area contributed by atoms with Crippen molar-refractivity contribution in [2.45, 2.75) is 37.3 Å². The lowest BCUT2D eigenvalue weighted by molar-refractivity contribution is -0.131. The normalized spacial score (nSPS) is 22.5. The van der Waals surface area contributed by atoms with Crippen molar-refractivity contribution in [1.29, 1.82) is 0 Å². The minimum Gasteiger partial charge on any atom is -0.363 e. The number of likely N-dealkylation sites (tertiary alicyclic amines) is 2. The average molecular weight is 369 g/mol. The van der Waals surface area contributed by atoms with Gasteiger partial charge in [-0.1, -0.05) is 35.5 Å². The summed E-state index contributed by atoms with van der Waals surface area (Å²) < 4.78 is 5.09.